The molecule has 1 fully saturated rings. The van der Waals surface area contributed by atoms with Crippen molar-refractivity contribution in [1.82, 2.24) is 9.61 Å². The molecule has 3 N–H and O–H groups in total. The third kappa shape index (κ3) is 3.65. The van der Waals surface area contributed by atoms with Crippen LogP contribution in [0.5, 0.6) is 0 Å². The molecule has 1 aliphatic carbocycles. The quantitative estimate of drug-likeness (QED) is 0.647. The van der Waals surface area contributed by atoms with Crippen molar-refractivity contribution in [1.29, 1.82) is 0 Å². The first-order valence-corrected chi connectivity index (χ1v) is 11.5. The molecule has 1 aromatic carbocycles. The van der Waals surface area contributed by atoms with Crippen LogP contribution in [0.2, 0.25) is 0 Å². The van der Waals surface area contributed by atoms with Gasteiger partial charge < -0.3 is 11.1 Å². The number of alkyl halides is 1. The third-order valence-electron chi connectivity index (χ3n) is 5.72. The standard InChI is InChI=1S/C21H23FN4O3S/c1-21(22)9-3-4-18(21)25-19-16(20(23)27)11-24-26-12-14(10-17(19)26)13-5-7-15(8-6-13)30(2,28)29/h5-8,10-12,18,25H,3-4,9H2,1-2H3,(H2,23,27). The normalized spacial score (nSPS) is 21.8. The zero-order valence-corrected chi connectivity index (χ0v) is 17.5. The van der Waals surface area contributed by atoms with Gasteiger partial charge >= 0.3 is 0 Å². The van der Waals surface area contributed by atoms with E-state index in [0.29, 0.717) is 24.0 Å². The van der Waals surface area contributed by atoms with Crippen molar-refractivity contribution in [2.45, 2.75) is 42.8 Å². The monoisotopic (exact) mass is 430 g/mol. The third-order valence-corrected chi connectivity index (χ3v) is 6.85. The lowest BCUT2D eigenvalue weighted by molar-refractivity contribution is 0.1000. The minimum atomic E-state index is -3.29. The zero-order valence-electron chi connectivity index (χ0n) is 16.7. The largest absolute Gasteiger partial charge is 0.377 e. The van der Waals surface area contributed by atoms with Gasteiger partial charge in [-0.3, -0.25) is 4.79 Å². The molecule has 0 aliphatic heterocycles. The lowest BCUT2D eigenvalue weighted by Crippen LogP contribution is -2.36. The summed E-state index contributed by atoms with van der Waals surface area (Å²) in [6, 6.07) is 7.89. The van der Waals surface area contributed by atoms with Gasteiger partial charge in [-0.15, -0.1) is 0 Å². The number of fused-ring (bicyclic) bond motifs is 1. The topological polar surface area (TPSA) is 107 Å². The van der Waals surface area contributed by atoms with Gasteiger partial charge in [0.05, 0.1) is 33.9 Å². The highest BCUT2D eigenvalue weighted by molar-refractivity contribution is 7.90. The number of aromatic nitrogens is 2. The lowest BCUT2D eigenvalue weighted by atomic mass is 10.0. The summed E-state index contributed by atoms with van der Waals surface area (Å²) in [4.78, 5) is 12.2. The smallest absolute Gasteiger partial charge is 0.252 e. The lowest BCUT2D eigenvalue weighted by Gasteiger charge is -2.26. The van der Waals surface area contributed by atoms with Crippen molar-refractivity contribution in [3.05, 3.63) is 48.3 Å². The number of nitrogens with zero attached hydrogens (tertiary/aromatic N) is 2. The van der Waals surface area contributed by atoms with Crippen LogP contribution in [-0.4, -0.2) is 41.9 Å². The van der Waals surface area contributed by atoms with Crippen LogP contribution in [0.3, 0.4) is 0 Å². The maximum absolute atomic E-state index is 14.8. The second-order valence-electron chi connectivity index (χ2n) is 8.02. The number of nitrogens with one attached hydrogen (secondary N) is 1. The second-order valence-corrected chi connectivity index (χ2v) is 10.0. The first-order valence-electron chi connectivity index (χ1n) is 9.63. The summed E-state index contributed by atoms with van der Waals surface area (Å²) < 4.78 is 39.8. The average Bonchev–Trinajstić information content (AvgIpc) is 3.24. The summed E-state index contributed by atoms with van der Waals surface area (Å²) in [7, 11) is -3.29. The molecule has 0 radical (unpaired) electrons. The van der Waals surface area contributed by atoms with E-state index in [0.717, 1.165) is 23.8 Å². The molecule has 2 heterocycles. The second kappa shape index (κ2) is 7.09. The number of sulfone groups is 1. The number of carbonyl (C=O) groups excluding carboxylic acids is 1. The van der Waals surface area contributed by atoms with Crippen molar-refractivity contribution in [3.8, 4) is 11.1 Å². The summed E-state index contributed by atoms with van der Waals surface area (Å²) in [5.74, 6) is -0.647. The van der Waals surface area contributed by atoms with Crippen molar-refractivity contribution >= 4 is 26.9 Å². The minimum absolute atomic E-state index is 0.197. The van der Waals surface area contributed by atoms with Gasteiger partial charge in [0, 0.05) is 18.0 Å². The molecule has 1 aliphatic rings. The fraction of sp³-hybridized carbons (Fsp3) is 0.333. The highest BCUT2D eigenvalue weighted by atomic mass is 32.2. The number of hydrogen-bond donors (Lipinski definition) is 2. The maximum Gasteiger partial charge on any atom is 0.252 e. The summed E-state index contributed by atoms with van der Waals surface area (Å²) in [6.45, 7) is 1.56. The van der Waals surface area contributed by atoms with Crippen LogP contribution in [0.1, 0.15) is 36.5 Å². The molecule has 158 valence electrons. The molecular formula is C21H23FN4O3S. The van der Waals surface area contributed by atoms with Crippen LogP contribution >= 0.6 is 0 Å². The molecule has 4 rings (SSSR count). The van der Waals surface area contributed by atoms with Gasteiger partial charge in [0.25, 0.3) is 5.91 Å². The Balaban J connectivity index is 1.79. The molecule has 2 atom stereocenters. The highest BCUT2D eigenvalue weighted by Gasteiger charge is 2.39. The molecule has 30 heavy (non-hydrogen) atoms. The molecule has 7 nitrogen and oxygen atoms in total. The Kier molecular flexibility index (Phi) is 4.80. The fourth-order valence-corrected chi connectivity index (χ4v) is 4.60. The molecule has 0 saturated heterocycles. The molecule has 1 amide bonds. The Morgan fingerprint density at radius 2 is 2.00 bits per heavy atom. The van der Waals surface area contributed by atoms with Gasteiger partial charge in [-0.05, 0) is 49.9 Å². The minimum Gasteiger partial charge on any atom is -0.377 e. The van der Waals surface area contributed by atoms with Crippen molar-refractivity contribution in [3.63, 3.8) is 0 Å². The zero-order chi connectivity index (χ0) is 21.7. The van der Waals surface area contributed by atoms with Crippen molar-refractivity contribution < 1.29 is 17.6 Å². The number of primary amides is 1. The summed E-state index contributed by atoms with van der Waals surface area (Å²) in [5.41, 5.74) is 6.97. The van der Waals surface area contributed by atoms with Crippen LogP contribution in [-0.2, 0) is 9.84 Å². The average molecular weight is 431 g/mol. The number of hydrogen-bond acceptors (Lipinski definition) is 5. The van der Waals surface area contributed by atoms with E-state index >= 15 is 0 Å². The summed E-state index contributed by atoms with van der Waals surface area (Å²) in [5, 5.41) is 7.47. The van der Waals surface area contributed by atoms with Gasteiger partial charge in [-0.1, -0.05) is 12.1 Å². The van der Waals surface area contributed by atoms with E-state index in [1.807, 2.05) is 6.07 Å². The van der Waals surface area contributed by atoms with Crippen LogP contribution in [0.15, 0.2) is 47.6 Å². The van der Waals surface area contributed by atoms with Crippen LogP contribution in [0, 0.1) is 0 Å². The number of halogens is 1. The summed E-state index contributed by atoms with van der Waals surface area (Å²) >= 11 is 0. The predicted octanol–water partition coefficient (Wildman–Crippen LogP) is 3.20. The number of benzene rings is 1. The number of anilines is 1. The van der Waals surface area contributed by atoms with Gasteiger partial charge in [0.1, 0.15) is 5.67 Å². The van der Waals surface area contributed by atoms with E-state index in [1.54, 1.807) is 41.9 Å². The van der Waals surface area contributed by atoms with Gasteiger partial charge in [0.15, 0.2) is 9.84 Å². The van der Waals surface area contributed by atoms with Crippen LogP contribution in [0.25, 0.3) is 16.6 Å². The van der Waals surface area contributed by atoms with Gasteiger partial charge in [-0.2, -0.15) is 5.10 Å². The maximum atomic E-state index is 14.8. The highest BCUT2D eigenvalue weighted by Crippen LogP contribution is 2.37. The molecule has 1 saturated carbocycles. The molecule has 2 aromatic heterocycles. The van der Waals surface area contributed by atoms with E-state index in [1.165, 1.54) is 6.20 Å². The number of rotatable bonds is 5. The first kappa shape index (κ1) is 20.3. The SMILES string of the molecule is CC1(F)CCCC1Nc1c(C(N)=O)cnn2cc(-c3ccc(S(C)(=O)=O)cc3)cc12. The Morgan fingerprint density at radius 1 is 1.30 bits per heavy atom. The number of nitrogens with two attached hydrogens (primary N) is 1. The molecule has 9 heteroatoms. The number of carbonyl (C=O) groups is 1. The van der Waals surface area contributed by atoms with Crippen LogP contribution < -0.4 is 11.1 Å². The summed E-state index contributed by atoms with van der Waals surface area (Å²) in [6.07, 6.45) is 6.17. The van der Waals surface area contributed by atoms with E-state index in [2.05, 4.69) is 10.4 Å². The molecular weight excluding hydrogens is 407 g/mol. The first-order chi connectivity index (χ1) is 14.1. The van der Waals surface area contributed by atoms with E-state index in [-0.39, 0.29) is 10.5 Å². The Morgan fingerprint density at radius 3 is 2.57 bits per heavy atom. The molecule has 3 aromatic rings. The van der Waals surface area contributed by atoms with E-state index < -0.39 is 27.5 Å². The molecule has 2 unspecified atom stereocenters. The Labute approximate surface area is 174 Å². The molecule has 0 spiro atoms. The molecule has 0 bridgehead atoms. The number of amides is 1. The van der Waals surface area contributed by atoms with E-state index in [9.17, 15) is 17.6 Å². The fourth-order valence-electron chi connectivity index (χ4n) is 3.97. The predicted molar refractivity (Wildman–Crippen MR) is 113 cm³/mol. The van der Waals surface area contributed by atoms with Crippen molar-refractivity contribution in [2.75, 3.05) is 11.6 Å². The van der Waals surface area contributed by atoms with E-state index in [4.69, 9.17) is 5.73 Å². The van der Waals surface area contributed by atoms with Crippen LogP contribution in [0.4, 0.5) is 10.1 Å². The van der Waals surface area contributed by atoms with Crippen molar-refractivity contribution in [2.24, 2.45) is 5.73 Å². The van der Waals surface area contributed by atoms with Gasteiger partial charge in [0.2, 0.25) is 0 Å². The van der Waals surface area contributed by atoms with Gasteiger partial charge in [-0.25, -0.2) is 17.3 Å². The Bertz CT molecular complexity index is 1230. The Hall–Kier alpha value is -2.94.